The number of amides is 1. The van der Waals surface area contributed by atoms with Crippen molar-refractivity contribution in [1.29, 1.82) is 0 Å². The summed E-state index contributed by atoms with van der Waals surface area (Å²) < 4.78 is 46.1. The zero-order valence-corrected chi connectivity index (χ0v) is 22.1. The van der Waals surface area contributed by atoms with Crippen molar-refractivity contribution >= 4 is 17.7 Å². The van der Waals surface area contributed by atoms with E-state index in [0.29, 0.717) is 50.3 Å². The number of piperazine rings is 1. The second-order valence-corrected chi connectivity index (χ2v) is 9.11. The number of carbonyl (C=O) groups is 2. The van der Waals surface area contributed by atoms with Gasteiger partial charge in [0.25, 0.3) is 11.5 Å². The molecule has 1 saturated heterocycles. The van der Waals surface area contributed by atoms with Crippen molar-refractivity contribution in [2.24, 2.45) is 0 Å². The van der Waals surface area contributed by atoms with Gasteiger partial charge in [0.1, 0.15) is 17.5 Å². The largest absolute Gasteiger partial charge is 0.542 e. The van der Waals surface area contributed by atoms with Gasteiger partial charge in [-0.3, -0.25) is 9.59 Å². The van der Waals surface area contributed by atoms with Crippen molar-refractivity contribution < 1.29 is 37.2 Å². The number of hydrogen-bond donors (Lipinski definition) is 1. The summed E-state index contributed by atoms with van der Waals surface area (Å²) in [4.78, 5) is 45.3. The van der Waals surface area contributed by atoms with Crippen LogP contribution in [0.25, 0.3) is 0 Å². The Kier molecular flexibility index (Phi) is 9.56. The maximum absolute atomic E-state index is 14.6. The summed E-state index contributed by atoms with van der Waals surface area (Å²) in [6.45, 7) is 8.02. The van der Waals surface area contributed by atoms with E-state index in [4.69, 9.17) is 9.90 Å². The number of anilines is 1. The van der Waals surface area contributed by atoms with Crippen LogP contribution < -0.4 is 20.5 Å². The fourth-order valence-electron chi connectivity index (χ4n) is 4.06. The summed E-state index contributed by atoms with van der Waals surface area (Å²) in [6, 6.07) is 6.30. The number of nitrogens with one attached hydrogen (secondary N) is 2. The molecule has 0 spiro atoms. The molecule has 1 fully saturated rings. The second kappa shape index (κ2) is 12.7. The topological polar surface area (TPSA) is 136 Å². The number of aromatic nitrogens is 4. The van der Waals surface area contributed by atoms with Gasteiger partial charge >= 0.3 is 6.18 Å². The van der Waals surface area contributed by atoms with Crippen molar-refractivity contribution in [3.05, 3.63) is 80.4 Å². The number of halogens is 4. The number of nitrogens with zero attached hydrogens (tertiary/aromatic N) is 4. The third kappa shape index (κ3) is 7.61. The highest BCUT2D eigenvalue weighted by atomic mass is 19.4. The van der Waals surface area contributed by atoms with Crippen LogP contribution >= 0.6 is 0 Å². The standard InChI is InChI=1S/C24H27FN6O2.C2HF3O2/c1-4-18-13-19(28-29-23(18)32)11-17-5-6-21(25)20(12-17)24(33)31-9-7-30(8-10-31)22-16(3)26-14-15(2)27-22;3-2(4,5)1(6)7/h5-6,12-14H,4,7-11H2,1-3H3,(H,29,32);(H,6,7). The van der Waals surface area contributed by atoms with Crippen LogP contribution in [0.5, 0.6) is 0 Å². The zero-order chi connectivity index (χ0) is 29.6. The van der Waals surface area contributed by atoms with Crippen LogP contribution in [0.3, 0.4) is 0 Å². The summed E-state index contributed by atoms with van der Waals surface area (Å²) in [5.41, 5.74) is 3.80. The highest BCUT2D eigenvalue weighted by Gasteiger charge is 2.29. The molecule has 1 aromatic carbocycles. The van der Waals surface area contributed by atoms with Gasteiger partial charge in [0.05, 0.1) is 11.3 Å². The number of carbonyl (C=O) groups excluding carboxylic acids is 2. The minimum absolute atomic E-state index is 0.0549. The molecule has 10 nitrogen and oxygen atoms in total. The molecule has 1 aliphatic rings. The first-order valence-corrected chi connectivity index (χ1v) is 12.3. The van der Waals surface area contributed by atoms with Gasteiger partial charge in [-0.25, -0.2) is 19.5 Å². The summed E-state index contributed by atoms with van der Waals surface area (Å²) >= 11 is 0. The highest BCUT2D eigenvalue weighted by molar-refractivity contribution is 5.95. The molecule has 0 unspecified atom stereocenters. The Labute approximate surface area is 226 Å². The van der Waals surface area contributed by atoms with E-state index in [0.717, 1.165) is 22.8 Å². The van der Waals surface area contributed by atoms with Crippen LogP contribution in [0.4, 0.5) is 23.4 Å². The Bertz CT molecular complexity index is 1440. The molecule has 0 saturated carbocycles. The van der Waals surface area contributed by atoms with E-state index in [1.165, 1.54) is 6.07 Å². The molecule has 0 aliphatic carbocycles. The van der Waals surface area contributed by atoms with Gasteiger partial charge in [-0.05, 0) is 37.1 Å². The first-order chi connectivity index (χ1) is 18.8. The van der Waals surface area contributed by atoms with Crippen molar-refractivity contribution in [3.63, 3.8) is 0 Å². The normalized spacial score (nSPS) is 13.5. The maximum atomic E-state index is 14.6. The predicted octanol–water partition coefficient (Wildman–Crippen LogP) is 1.15. The minimum Gasteiger partial charge on any atom is -0.542 e. The van der Waals surface area contributed by atoms with Crippen LogP contribution in [-0.2, 0) is 17.6 Å². The number of aromatic amines is 2. The molecule has 3 aromatic rings. The Morgan fingerprint density at radius 1 is 1.12 bits per heavy atom. The molecule has 0 atom stereocenters. The number of aliphatic carboxylic acids is 1. The third-order valence-electron chi connectivity index (χ3n) is 6.17. The molecule has 0 radical (unpaired) electrons. The molecule has 1 aliphatic heterocycles. The van der Waals surface area contributed by atoms with E-state index in [1.807, 2.05) is 27.0 Å². The summed E-state index contributed by atoms with van der Waals surface area (Å²) in [5, 5.41) is 15.4. The van der Waals surface area contributed by atoms with E-state index in [-0.39, 0.29) is 17.0 Å². The van der Waals surface area contributed by atoms with Gasteiger partial charge in [0.2, 0.25) is 5.69 Å². The number of carboxylic acids is 1. The molecular weight excluding hydrogens is 536 g/mol. The lowest BCUT2D eigenvalue weighted by atomic mass is 10.0. The van der Waals surface area contributed by atoms with Crippen LogP contribution in [-0.4, -0.2) is 64.3 Å². The number of aryl methyl sites for hydroxylation is 3. The van der Waals surface area contributed by atoms with Crippen molar-refractivity contribution in [2.45, 2.75) is 39.8 Å². The van der Waals surface area contributed by atoms with Crippen molar-refractivity contribution in [2.75, 3.05) is 31.1 Å². The first-order valence-electron chi connectivity index (χ1n) is 12.3. The van der Waals surface area contributed by atoms with Crippen molar-refractivity contribution in [1.82, 2.24) is 20.1 Å². The van der Waals surface area contributed by atoms with Gasteiger partial charge in [0.15, 0.2) is 12.0 Å². The molecular formula is C26H28F4N6O4. The monoisotopic (exact) mass is 564 g/mol. The number of H-pyrrole nitrogens is 2. The van der Waals surface area contributed by atoms with Gasteiger partial charge in [-0.2, -0.15) is 18.3 Å². The molecule has 0 bridgehead atoms. The zero-order valence-electron chi connectivity index (χ0n) is 22.1. The van der Waals surface area contributed by atoms with Crippen LogP contribution in [0.2, 0.25) is 0 Å². The lowest BCUT2D eigenvalue weighted by molar-refractivity contribution is -0.388. The van der Waals surface area contributed by atoms with Crippen LogP contribution in [0.15, 0.2) is 35.3 Å². The summed E-state index contributed by atoms with van der Waals surface area (Å²) in [5.74, 6) is -2.98. The van der Waals surface area contributed by atoms with Gasteiger partial charge in [0, 0.05) is 45.1 Å². The Balaban J connectivity index is 0.000000559. The molecule has 2 aromatic heterocycles. The van der Waals surface area contributed by atoms with Gasteiger partial charge in [-0.1, -0.05) is 13.0 Å². The molecule has 40 heavy (non-hydrogen) atoms. The number of alkyl halides is 3. The molecule has 4 rings (SSSR count). The number of benzene rings is 1. The Morgan fingerprint density at radius 2 is 1.77 bits per heavy atom. The molecule has 3 heterocycles. The molecule has 1 amide bonds. The first kappa shape index (κ1) is 30.2. The highest BCUT2D eigenvalue weighted by Crippen LogP contribution is 2.20. The quantitative estimate of drug-likeness (QED) is 0.459. The summed E-state index contributed by atoms with van der Waals surface area (Å²) in [6.07, 6.45) is -2.34. The van der Waals surface area contributed by atoms with Crippen LogP contribution in [0, 0.1) is 19.7 Å². The maximum Gasteiger partial charge on any atom is 0.430 e. The number of carboxylic acid groups (broad SMARTS) is 1. The fourth-order valence-corrected chi connectivity index (χ4v) is 4.06. The SMILES string of the molecule is CCc1cc(Cc2ccc(F)c(C(=O)N3CCN(c4nc(C)c[nH+]c4C)CC3)c2)n[nH]c1=O.O=C([O-])C(F)(F)F. The Hall–Kier alpha value is -4.36. The summed E-state index contributed by atoms with van der Waals surface area (Å²) in [7, 11) is 0. The smallest absolute Gasteiger partial charge is 0.430 e. The molecule has 14 heteroatoms. The third-order valence-corrected chi connectivity index (χ3v) is 6.17. The number of rotatable bonds is 5. The second-order valence-electron chi connectivity index (χ2n) is 9.11. The Morgan fingerprint density at radius 3 is 2.38 bits per heavy atom. The van der Waals surface area contributed by atoms with E-state index in [9.17, 15) is 27.2 Å². The van der Waals surface area contributed by atoms with E-state index in [2.05, 4.69) is 25.1 Å². The van der Waals surface area contributed by atoms with Crippen molar-refractivity contribution in [3.8, 4) is 0 Å². The van der Waals surface area contributed by atoms with Gasteiger partial charge in [-0.15, -0.1) is 0 Å². The number of hydrogen-bond acceptors (Lipinski definition) is 7. The lowest BCUT2D eigenvalue weighted by Gasteiger charge is -2.35. The minimum atomic E-state index is -5.19. The van der Waals surface area contributed by atoms with E-state index >= 15 is 0 Å². The average Bonchev–Trinajstić information content (AvgIpc) is 2.91. The fraction of sp³-hybridized carbons (Fsp3) is 0.385. The predicted molar refractivity (Wildman–Crippen MR) is 133 cm³/mol. The molecule has 2 N–H and O–H groups in total. The average molecular weight is 565 g/mol. The van der Waals surface area contributed by atoms with Gasteiger partial charge < -0.3 is 19.7 Å². The molecule has 214 valence electrons. The lowest BCUT2D eigenvalue weighted by Crippen LogP contribution is -2.49. The van der Waals surface area contributed by atoms with E-state index < -0.39 is 18.0 Å². The van der Waals surface area contributed by atoms with Crippen LogP contribution in [0.1, 0.15) is 45.5 Å². The van der Waals surface area contributed by atoms with E-state index in [1.54, 1.807) is 23.1 Å².